The van der Waals surface area contributed by atoms with Crippen molar-refractivity contribution in [2.24, 2.45) is 4.99 Å². The molecule has 2 fully saturated rings. The van der Waals surface area contributed by atoms with Crippen molar-refractivity contribution in [1.82, 2.24) is 10.6 Å². The van der Waals surface area contributed by atoms with Gasteiger partial charge in [-0.15, -0.1) is 0 Å². The Morgan fingerprint density at radius 1 is 1.26 bits per heavy atom. The SMILES string of the molecule is CCNC(=NCC1(SCC)CCOCC1)NC1CCN(c2ccccc2)C1. The third kappa shape index (κ3) is 5.79. The van der Waals surface area contributed by atoms with E-state index < -0.39 is 0 Å². The van der Waals surface area contributed by atoms with E-state index in [1.807, 2.05) is 11.8 Å². The molecule has 1 aromatic carbocycles. The molecule has 2 saturated heterocycles. The number of guanidine groups is 1. The van der Waals surface area contributed by atoms with E-state index in [9.17, 15) is 0 Å². The maximum absolute atomic E-state index is 5.59. The predicted octanol–water partition coefficient (Wildman–Crippen LogP) is 3.12. The summed E-state index contributed by atoms with van der Waals surface area (Å²) in [4.78, 5) is 7.44. The van der Waals surface area contributed by atoms with Gasteiger partial charge in [-0.25, -0.2) is 0 Å². The molecule has 0 radical (unpaired) electrons. The summed E-state index contributed by atoms with van der Waals surface area (Å²) in [5.41, 5.74) is 1.31. The van der Waals surface area contributed by atoms with Crippen LogP contribution in [0.2, 0.25) is 0 Å². The van der Waals surface area contributed by atoms with Crippen LogP contribution in [0.15, 0.2) is 35.3 Å². The van der Waals surface area contributed by atoms with Gasteiger partial charge in [0.05, 0.1) is 6.54 Å². The fraction of sp³-hybridized carbons (Fsp3) is 0.667. The maximum Gasteiger partial charge on any atom is 0.191 e. The predicted molar refractivity (Wildman–Crippen MR) is 117 cm³/mol. The normalized spacial score (nSPS) is 22.7. The van der Waals surface area contributed by atoms with Crippen LogP contribution in [0.25, 0.3) is 0 Å². The van der Waals surface area contributed by atoms with Crippen LogP contribution >= 0.6 is 11.8 Å². The number of ether oxygens (including phenoxy) is 1. The molecule has 0 saturated carbocycles. The number of thioether (sulfide) groups is 1. The number of rotatable bonds is 7. The molecular formula is C21H34N4OS. The monoisotopic (exact) mass is 390 g/mol. The number of nitrogens with one attached hydrogen (secondary N) is 2. The van der Waals surface area contributed by atoms with Crippen molar-refractivity contribution in [3.05, 3.63) is 30.3 Å². The van der Waals surface area contributed by atoms with E-state index >= 15 is 0 Å². The van der Waals surface area contributed by atoms with Gasteiger partial charge < -0.3 is 20.3 Å². The number of benzene rings is 1. The highest BCUT2D eigenvalue weighted by Gasteiger charge is 2.32. The van der Waals surface area contributed by atoms with Crippen LogP contribution in [0.3, 0.4) is 0 Å². The van der Waals surface area contributed by atoms with Crippen molar-refractivity contribution in [2.45, 2.75) is 43.9 Å². The molecule has 0 aliphatic carbocycles. The Hall–Kier alpha value is -1.40. The van der Waals surface area contributed by atoms with Crippen LogP contribution in [0, 0.1) is 0 Å². The van der Waals surface area contributed by atoms with Crippen LogP contribution in [0.1, 0.15) is 33.1 Å². The van der Waals surface area contributed by atoms with Gasteiger partial charge in [0.15, 0.2) is 5.96 Å². The zero-order chi connectivity index (χ0) is 19.0. The first-order chi connectivity index (χ1) is 13.2. The molecule has 2 N–H and O–H groups in total. The molecule has 2 aliphatic rings. The van der Waals surface area contributed by atoms with Gasteiger partial charge in [0, 0.05) is 49.3 Å². The second-order valence-electron chi connectivity index (χ2n) is 7.34. The van der Waals surface area contributed by atoms with Crippen LogP contribution in [-0.4, -0.2) is 61.9 Å². The van der Waals surface area contributed by atoms with Gasteiger partial charge in [-0.05, 0) is 44.1 Å². The number of para-hydroxylation sites is 1. The smallest absolute Gasteiger partial charge is 0.191 e. The molecule has 6 heteroatoms. The van der Waals surface area contributed by atoms with Crippen LogP contribution < -0.4 is 15.5 Å². The van der Waals surface area contributed by atoms with E-state index in [1.165, 1.54) is 5.69 Å². The Kier molecular flexibility index (Phi) is 7.70. The lowest BCUT2D eigenvalue weighted by molar-refractivity contribution is 0.0793. The third-order valence-corrected chi connectivity index (χ3v) is 6.81. The lowest BCUT2D eigenvalue weighted by Crippen LogP contribution is -2.46. The minimum absolute atomic E-state index is 0.237. The summed E-state index contributed by atoms with van der Waals surface area (Å²) in [6.45, 7) is 9.96. The van der Waals surface area contributed by atoms with E-state index in [0.717, 1.165) is 70.4 Å². The molecule has 0 bridgehead atoms. The lowest BCUT2D eigenvalue weighted by atomic mass is 9.99. The highest BCUT2D eigenvalue weighted by atomic mass is 32.2. The van der Waals surface area contributed by atoms with Crippen molar-refractivity contribution in [3.63, 3.8) is 0 Å². The molecule has 1 aromatic rings. The molecule has 0 amide bonds. The standard InChI is InChI=1S/C21H34N4OS/c1-3-22-20(23-17-21(27-4-2)11-14-26-15-12-21)24-18-10-13-25(16-18)19-8-6-5-7-9-19/h5-9,18H,3-4,10-17H2,1-2H3,(H2,22,23,24). The van der Waals surface area contributed by atoms with E-state index in [0.29, 0.717) is 6.04 Å². The summed E-state index contributed by atoms with van der Waals surface area (Å²) in [7, 11) is 0. The minimum Gasteiger partial charge on any atom is -0.381 e. The quantitative estimate of drug-likeness (QED) is 0.553. The second kappa shape index (κ2) is 10.2. The highest BCUT2D eigenvalue weighted by molar-refractivity contribution is 8.00. The first kappa shape index (κ1) is 20.3. The Labute approximate surface area is 168 Å². The zero-order valence-corrected chi connectivity index (χ0v) is 17.6. The van der Waals surface area contributed by atoms with Crippen molar-refractivity contribution in [2.75, 3.05) is 50.0 Å². The van der Waals surface area contributed by atoms with Gasteiger partial charge in [-0.1, -0.05) is 25.1 Å². The van der Waals surface area contributed by atoms with Gasteiger partial charge in [0.2, 0.25) is 0 Å². The zero-order valence-electron chi connectivity index (χ0n) is 16.7. The van der Waals surface area contributed by atoms with Crippen molar-refractivity contribution >= 4 is 23.4 Å². The lowest BCUT2D eigenvalue weighted by Gasteiger charge is -2.35. The number of hydrogen-bond acceptors (Lipinski definition) is 4. The molecule has 5 nitrogen and oxygen atoms in total. The van der Waals surface area contributed by atoms with E-state index in [1.54, 1.807) is 0 Å². The summed E-state index contributed by atoms with van der Waals surface area (Å²) in [5.74, 6) is 2.09. The molecule has 27 heavy (non-hydrogen) atoms. The summed E-state index contributed by atoms with van der Waals surface area (Å²) < 4.78 is 5.83. The number of aliphatic imine (C=N–C) groups is 1. The van der Waals surface area contributed by atoms with Gasteiger partial charge in [-0.2, -0.15) is 11.8 Å². The van der Waals surface area contributed by atoms with E-state index in [-0.39, 0.29) is 4.75 Å². The van der Waals surface area contributed by atoms with Crippen molar-refractivity contribution in [1.29, 1.82) is 0 Å². The largest absolute Gasteiger partial charge is 0.381 e. The minimum atomic E-state index is 0.237. The maximum atomic E-state index is 5.59. The Morgan fingerprint density at radius 3 is 2.74 bits per heavy atom. The second-order valence-corrected chi connectivity index (χ2v) is 9.07. The van der Waals surface area contributed by atoms with Crippen molar-refractivity contribution in [3.8, 4) is 0 Å². The number of nitrogens with zero attached hydrogens (tertiary/aromatic N) is 2. The number of anilines is 1. The van der Waals surface area contributed by atoms with Crippen molar-refractivity contribution < 1.29 is 4.74 Å². The average molecular weight is 391 g/mol. The first-order valence-electron chi connectivity index (χ1n) is 10.3. The molecule has 0 aromatic heterocycles. The molecule has 150 valence electrons. The fourth-order valence-corrected chi connectivity index (χ4v) is 5.11. The number of hydrogen-bond donors (Lipinski definition) is 2. The molecule has 3 rings (SSSR count). The Morgan fingerprint density at radius 2 is 2.04 bits per heavy atom. The van der Waals surface area contributed by atoms with Gasteiger partial charge >= 0.3 is 0 Å². The van der Waals surface area contributed by atoms with E-state index in [2.05, 4.69) is 59.7 Å². The van der Waals surface area contributed by atoms with Crippen LogP contribution in [-0.2, 0) is 4.74 Å². The molecule has 1 unspecified atom stereocenters. The molecule has 2 aliphatic heterocycles. The van der Waals surface area contributed by atoms with Gasteiger partial charge in [0.1, 0.15) is 0 Å². The van der Waals surface area contributed by atoms with Gasteiger partial charge in [-0.3, -0.25) is 4.99 Å². The third-order valence-electron chi connectivity index (χ3n) is 5.37. The molecule has 0 spiro atoms. The fourth-order valence-electron chi connectivity index (χ4n) is 3.89. The highest BCUT2D eigenvalue weighted by Crippen LogP contribution is 2.35. The topological polar surface area (TPSA) is 48.9 Å². The average Bonchev–Trinajstić information content (AvgIpc) is 3.17. The first-order valence-corrected chi connectivity index (χ1v) is 11.3. The Bertz CT molecular complexity index is 584. The van der Waals surface area contributed by atoms with E-state index in [4.69, 9.17) is 9.73 Å². The molecule has 2 heterocycles. The summed E-state index contributed by atoms with van der Waals surface area (Å²) >= 11 is 2.05. The summed E-state index contributed by atoms with van der Waals surface area (Å²) in [6.07, 6.45) is 3.33. The Balaban J connectivity index is 1.59. The molecule has 1 atom stereocenters. The van der Waals surface area contributed by atoms with Crippen LogP contribution in [0.4, 0.5) is 5.69 Å². The summed E-state index contributed by atoms with van der Waals surface area (Å²) in [6, 6.07) is 11.1. The van der Waals surface area contributed by atoms with Gasteiger partial charge in [0.25, 0.3) is 0 Å². The van der Waals surface area contributed by atoms with Crippen LogP contribution in [0.5, 0.6) is 0 Å². The molecular weight excluding hydrogens is 356 g/mol. The summed E-state index contributed by atoms with van der Waals surface area (Å²) in [5, 5.41) is 7.12.